The summed E-state index contributed by atoms with van der Waals surface area (Å²) in [6, 6.07) is 3.97. The van der Waals surface area contributed by atoms with Crippen LogP contribution in [0.5, 0.6) is 0 Å². The van der Waals surface area contributed by atoms with Gasteiger partial charge in [-0.25, -0.2) is 8.42 Å². The van der Waals surface area contributed by atoms with Crippen molar-refractivity contribution >= 4 is 9.84 Å². The maximum Gasteiger partial charge on any atom is 0.177 e. The first kappa shape index (κ1) is 7.21. The van der Waals surface area contributed by atoms with E-state index in [1.54, 1.807) is 0 Å². The summed E-state index contributed by atoms with van der Waals surface area (Å²) in [7, 11) is -3.10. The van der Waals surface area contributed by atoms with E-state index in [9.17, 15) is 8.42 Å². The van der Waals surface area contributed by atoms with Crippen molar-refractivity contribution in [1.29, 1.82) is 0 Å². The Kier molecular flexibility index (Phi) is 1.72. The van der Waals surface area contributed by atoms with E-state index >= 15 is 0 Å². The summed E-state index contributed by atoms with van der Waals surface area (Å²) in [6.45, 7) is 0. The highest BCUT2D eigenvalue weighted by molar-refractivity contribution is 7.90. The lowest BCUT2D eigenvalue weighted by Crippen LogP contribution is -1.96. The maximum atomic E-state index is 10.8. The summed E-state index contributed by atoms with van der Waals surface area (Å²) in [6.07, 6.45) is 3.85. The topological polar surface area (TPSA) is 47.0 Å². The van der Waals surface area contributed by atoms with Crippen molar-refractivity contribution in [3.05, 3.63) is 24.5 Å². The molecule has 1 aromatic rings. The molecule has 0 aromatic carbocycles. The molecule has 1 aromatic heterocycles. The maximum absolute atomic E-state index is 10.8. The van der Waals surface area contributed by atoms with E-state index in [1.165, 1.54) is 18.5 Å². The Morgan fingerprint density at radius 2 is 2.30 bits per heavy atom. The molecule has 1 heterocycles. The Hall–Kier alpha value is -0.900. The molecule has 3 nitrogen and oxygen atoms in total. The van der Waals surface area contributed by atoms with E-state index in [-0.39, 0.29) is 4.90 Å². The predicted molar refractivity (Wildman–Crippen MR) is 36.2 cm³/mol. The summed E-state index contributed by atoms with van der Waals surface area (Å²) in [5.41, 5.74) is 0. The quantitative estimate of drug-likeness (QED) is 0.587. The molecule has 0 fully saturated rings. The number of aromatic nitrogens is 1. The second-order valence-electron chi connectivity index (χ2n) is 1.89. The Morgan fingerprint density at radius 3 is 2.60 bits per heavy atom. The highest BCUT2D eigenvalue weighted by Gasteiger charge is 2.04. The molecular weight excluding hydrogens is 150 g/mol. The predicted octanol–water partition coefficient (Wildman–Crippen LogP) is 0.285. The summed E-state index contributed by atoms with van der Waals surface area (Å²) < 4.78 is 21.5. The number of sulfone groups is 1. The van der Waals surface area contributed by atoms with Crippen molar-refractivity contribution in [3.63, 3.8) is 0 Å². The molecule has 53 valence electrons. The molecular formula is C6H6NO2S. The number of hydrogen-bond donors (Lipinski definition) is 0. The summed E-state index contributed by atoms with van der Waals surface area (Å²) in [4.78, 5) is 3.82. The fraction of sp³-hybridized carbons (Fsp3) is 0.167. The largest absolute Gasteiger partial charge is 0.263 e. The zero-order valence-electron chi connectivity index (χ0n) is 5.40. The van der Waals surface area contributed by atoms with Crippen LogP contribution < -0.4 is 0 Å². The van der Waals surface area contributed by atoms with Crippen molar-refractivity contribution in [3.8, 4) is 0 Å². The van der Waals surface area contributed by atoms with Crippen LogP contribution in [-0.4, -0.2) is 19.7 Å². The molecule has 0 unspecified atom stereocenters. The third-order valence-corrected chi connectivity index (χ3v) is 2.08. The van der Waals surface area contributed by atoms with Gasteiger partial charge in [-0.3, -0.25) is 4.98 Å². The molecule has 0 saturated heterocycles. The second kappa shape index (κ2) is 2.38. The minimum absolute atomic E-state index is 0.204. The van der Waals surface area contributed by atoms with Gasteiger partial charge in [0.2, 0.25) is 0 Å². The first-order chi connectivity index (χ1) is 4.61. The lowest BCUT2D eigenvalue weighted by Gasteiger charge is -1.92. The van der Waals surface area contributed by atoms with Crippen LogP contribution in [0.15, 0.2) is 23.4 Å². The highest BCUT2D eigenvalue weighted by atomic mass is 32.2. The van der Waals surface area contributed by atoms with Crippen LogP contribution in [0.3, 0.4) is 0 Å². The van der Waals surface area contributed by atoms with Crippen LogP contribution in [0.25, 0.3) is 0 Å². The van der Waals surface area contributed by atoms with Crippen molar-refractivity contribution in [2.24, 2.45) is 0 Å². The molecule has 0 atom stereocenters. The van der Waals surface area contributed by atoms with Gasteiger partial charge in [-0.15, -0.1) is 0 Å². The van der Waals surface area contributed by atoms with Crippen molar-refractivity contribution in [1.82, 2.24) is 4.98 Å². The van der Waals surface area contributed by atoms with Gasteiger partial charge in [-0.1, -0.05) is 0 Å². The fourth-order valence-electron chi connectivity index (χ4n) is 0.513. The van der Waals surface area contributed by atoms with Gasteiger partial charge >= 0.3 is 0 Å². The monoisotopic (exact) mass is 156 g/mol. The number of hydrogen-bond acceptors (Lipinski definition) is 3. The molecule has 4 heteroatoms. The number of pyridine rings is 1. The van der Waals surface area contributed by atoms with Gasteiger partial charge < -0.3 is 0 Å². The Bertz CT molecular complexity index is 304. The summed E-state index contributed by atoms with van der Waals surface area (Å²) in [5, 5.41) is 0. The van der Waals surface area contributed by atoms with Gasteiger partial charge in [-0.05, 0) is 6.07 Å². The zero-order chi connectivity index (χ0) is 7.61. The Morgan fingerprint density at radius 1 is 1.60 bits per heavy atom. The van der Waals surface area contributed by atoms with Crippen LogP contribution in [0.2, 0.25) is 0 Å². The Balaban J connectivity index is 3.22. The van der Waals surface area contributed by atoms with Crippen LogP contribution in [0.1, 0.15) is 0 Å². The third-order valence-electron chi connectivity index (χ3n) is 1.00. The van der Waals surface area contributed by atoms with Gasteiger partial charge in [0.15, 0.2) is 9.84 Å². The van der Waals surface area contributed by atoms with Crippen LogP contribution in [0, 0.1) is 6.07 Å². The van der Waals surface area contributed by atoms with E-state index in [2.05, 4.69) is 11.1 Å². The average Bonchev–Trinajstić information content (AvgIpc) is 1.88. The molecule has 0 bridgehead atoms. The number of nitrogens with zero attached hydrogens (tertiary/aromatic N) is 1. The molecule has 0 spiro atoms. The average molecular weight is 156 g/mol. The molecule has 0 saturated carbocycles. The van der Waals surface area contributed by atoms with Gasteiger partial charge in [0.25, 0.3) is 0 Å². The van der Waals surface area contributed by atoms with Crippen molar-refractivity contribution < 1.29 is 8.42 Å². The lowest BCUT2D eigenvalue weighted by atomic mass is 10.5. The minimum atomic E-state index is -3.10. The smallest absolute Gasteiger partial charge is 0.177 e. The SMILES string of the molecule is CS(=O)(=O)c1c[c]cnc1. The first-order valence-corrected chi connectivity index (χ1v) is 4.51. The van der Waals surface area contributed by atoms with Gasteiger partial charge in [-0.2, -0.15) is 0 Å². The molecule has 1 radical (unpaired) electrons. The summed E-state index contributed by atoms with van der Waals surface area (Å²) in [5.74, 6) is 0. The lowest BCUT2D eigenvalue weighted by molar-refractivity contribution is 0.601. The highest BCUT2D eigenvalue weighted by Crippen LogP contribution is 2.03. The zero-order valence-corrected chi connectivity index (χ0v) is 6.22. The van der Waals surface area contributed by atoms with Gasteiger partial charge in [0.1, 0.15) is 0 Å². The number of rotatable bonds is 1. The van der Waals surface area contributed by atoms with Crippen molar-refractivity contribution in [2.75, 3.05) is 6.26 Å². The molecule has 0 aliphatic heterocycles. The van der Waals surface area contributed by atoms with E-state index in [1.807, 2.05) is 0 Å². The van der Waals surface area contributed by atoms with Crippen LogP contribution >= 0.6 is 0 Å². The molecule has 0 N–H and O–H groups in total. The van der Waals surface area contributed by atoms with E-state index in [4.69, 9.17) is 0 Å². The van der Waals surface area contributed by atoms with Gasteiger partial charge in [0.05, 0.1) is 4.90 Å². The van der Waals surface area contributed by atoms with Crippen LogP contribution in [0.4, 0.5) is 0 Å². The molecule has 0 amide bonds. The van der Waals surface area contributed by atoms with Crippen molar-refractivity contribution in [2.45, 2.75) is 4.90 Å². The molecule has 10 heavy (non-hydrogen) atoms. The molecule has 0 aliphatic rings. The second-order valence-corrected chi connectivity index (χ2v) is 3.91. The van der Waals surface area contributed by atoms with E-state index < -0.39 is 9.84 Å². The fourth-order valence-corrected chi connectivity index (χ4v) is 1.05. The van der Waals surface area contributed by atoms with E-state index in [0.29, 0.717) is 0 Å². The molecule has 1 rings (SSSR count). The first-order valence-electron chi connectivity index (χ1n) is 2.62. The Labute approximate surface area is 59.6 Å². The standard InChI is InChI=1S/C6H6NO2S/c1-10(8,9)6-3-2-4-7-5-6/h3-5H,1H3. The van der Waals surface area contributed by atoms with E-state index in [0.717, 1.165) is 6.26 Å². The van der Waals surface area contributed by atoms with Gasteiger partial charge in [0, 0.05) is 24.7 Å². The summed E-state index contributed by atoms with van der Waals surface area (Å²) >= 11 is 0. The third kappa shape index (κ3) is 1.54. The normalized spacial score (nSPS) is 11.3. The molecule has 0 aliphatic carbocycles. The minimum Gasteiger partial charge on any atom is -0.263 e. The van der Waals surface area contributed by atoms with Crippen LogP contribution in [-0.2, 0) is 9.84 Å².